The van der Waals surface area contributed by atoms with Gasteiger partial charge < -0.3 is 10.2 Å². The summed E-state index contributed by atoms with van der Waals surface area (Å²) in [5.74, 6) is -1.05. The first-order valence-electron chi connectivity index (χ1n) is 2.87. The van der Waals surface area contributed by atoms with Crippen molar-refractivity contribution >= 4 is 17.5 Å². The Morgan fingerprint density at radius 1 is 1.82 bits per heavy atom. The van der Waals surface area contributed by atoms with E-state index in [2.05, 4.69) is 9.59 Å². The molecule has 0 bridgehead atoms. The van der Waals surface area contributed by atoms with Crippen LogP contribution in [0, 0.1) is 0 Å². The number of rotatable bonds is 3. The summed E-state index contributed by atoms with van der Waals surface area (Å²) in [6.07, 6.45) is -1.36. The van der Waals surface area contributed by atoms with Crippen LogP contribution in [-0.4, -0.2) is 25.8 Å². The van der Waals surface area contributed by atoms with Crippen LogP contribution < -0.4 is 0 Å². The van der Waals surface area contributed by atoms with E-state index in [4.69, 9.17) is 10.2 Å². The first kappa shape index (κ1) is 8.09. The summed E-state index contributed by atoms with van der Waals surface area (Å²) in [5.41, 5.74) is 0.317. The molecule has 11 heavy (non-hydrogen) atoms. The largest absolute Gasteiger partial charge is 0.481 e. The molecule has 0 saturated heterocycles. The molecule has 0 aliphatic heterocycles. The molecular formula is C5H6N2O3S. The Bertz CT molecular complexity index is 236. The van der Waals surface area contributed by atoms with E-state index in [1.807, 2.05) is 0 Å². The van der Waals surface area contributed by atoms with Crippen LogP contribution in [0.3, 0.4) is 0 Å². The molecule has 0 radical (unpaired) electrons. The lowest BCUT2D eigenvalue weighted by atomic mass is 10.2. The van der Waals surface area contributed by atoms with Gasteiger partial charge in [-0.1, -0.05) is 4.49 Å². The number of hydrogen-bond donors (Lipinski definition) is 2. The van der Waals surface area contributed by atoms with Crippen molar-refractivity contribution in [2.75, 3.05) is 0 Å². The molecule has 6 heteroatoms. The highest BCUT2D eigenvalue weighted by molar-refractivity contribution is 7.03. The minimum atomic E-state index is -1.05. The molecule has 0 aromatic carbocycles. The Morgan fingerprint density at radius 2 is 2.55 bits per heavy atom. The second-order valence-electron chi connectivity index (χ2n) is 1.94. The normalized spacial score (nSPS) is 12.8. The zero-order valence-electron chi connectivity index (χ0n) is 5.47. The maximum Gasteiger partial charge on any atom is 0.306 e. The number of aliphatic hydroxyl groups excluding tert-OH is 1. The number of nitrogens with zero attached hydrogens (tertiary/aromatic N) is 2. The van der Waals surface area contributed by atoms with Crippen LogP contribution in [-0.2, 0) is 4.79 Å². The molecule has 1 heterocycles. The maximum absolute atomic E-state index is 10.1. The summed E-state index contributed by atoms with van der Waals surface area (Å²) in [5, 5.41) is 22.4. The lowest BCUT2D eigenvalue weighted by Gasteiger charge is -2.00. The molecule has 1 aromatic rings. The van der Waals surface area contributed by atoms with Crippen molar-refractivity contribution in [3.8, 4) is 0 Å². The number of aromatic nitrogens is 2. The van der Waals surface area contributed by atoms with Crippen LogP contribution in [0.25, 0.3) is 0 Å². The minimum absolute atomic E-state index is 0.317. The zero-order valence-corrected chi connectivity index (χ0v) is 6.28. The number of hydrogen-bond acceptors (Lipinski definition) is 5. The molecule has 1 atom stereocenters. The van der Waals surface area contributed by atoms with Crippen molar-refractivity contribution in [2.24, 2.45) is 0 Å². The lowest BCUT2D eigenvalue weighted by Crippen LogP contribution is -2.05. The van der Waals surface area contributed by atoms with Crippen LogP contribution in [0.2, 0.25) is 0 Å². The van der Waals surface area contributed by atoms with E-state index in [1.54, 1.807) is 0 Å². The summed E-state index contributed by atoms with van der Waals surface area (Å²) < 4.78 is 3.49. The third-order valence-corrected chi connectivity index (χ3v) is 1.61. The fraction of sp³-hybridized carbons (Fsp3) is 0.400. The van der Waals surface area contributed by atoms with E-state index in [0.29, 0.717) is 5.69 Å². The van der Waals surface area contributed by atoms with E-state index in [9.17, 15) is 4.79 Å². The van der Waals surface area contributed by atoms with Crippen molar-refractivity contribution in [3.05, 3.63) is 11.1 Å². The summed E-state index contributed by atoms with van der Waals surface area (Å²) in [4.78, 5) is 10.1. The third-order valence-electron chi connectivity index (χ3n) is 1.09. The predicted molar refractivity (Wildman–Crippen MR) is 37.1 cm³/mol. The van der Waals surface area contributed by atoms with Gasteiger partial charge in [0.25, 0.3) is 0 Å². The molecule has 0 aliphatic carbocycles. The lowest BCUT2D eigenvalue weighted by molar-refractivity contribution is -0.139. The minimum Gasteiger partial charge on any atom is -0.481 e. The van der Waals surface area contributed by atoms with Gasteiger partial charge in [0.1, 0.15) is 11.8 Å². The Kier molecular flexibility index (Phi) is 2.50. The molecule has 0 amide bonds. The van der Waals surface area contributed by atoms with E-state index < -0.39 is 12.1 Å². The second kappa shape index (κ2) is 3.40. The van der Waals surface area contributed by atoms with Crippen molar-refractivity contribution in [2.45, 2.75) is 12.5 Å². The van der Waals surface area contributed by atoms with Gasteiger partial charge in [-0.2, -0.15) is 0 Å². The monoisotopic (exact) mass is 174 g/mol. The molecule has 2 N–H and O–H groups in total. The Balaban J connectivity index is 2.56. The van der Waals surface area contributed by atoms with Gasteiger partial charge in [0, 0.05) is 5.38 Å². The van der Waals surface area contributed by atoms with Gasteiger partial charge in [0.05, 0.1) is 6.42 Å². The summed E-state index contributed by atoms with van der Waals surface area (Å²) in [6, 6.07) is 0. The van der Waals surface area contributed by atoms with Gasteiger partial charge in [0.15, 0.2) is 0 Å². The fourth-order valence-corrected chi connectivity index (χ4v) is 1.09. The Hall–Kier alpha value is -1.01. The van der Waals surface area contributed by atoms with Crippen LogP contribution >= 0.6 is 11.5 Å². The number of aliphatic hydroxyl groups is 1. The van der Waals surface area contributed by atoms with Gasteiger partial charge in [0.2, 0.25) is 0 Å². The average Bonchev–Trinajstić information content (AvgIpc) is 2.35. The van der Waals surface area contributed by atoms with Gasteiger partial charge in [-0.15, -0.1) is 5.10 Å². The molecule has 1 rings (SSSR count). The molecule has 0 saturated carbocycles. The van der Waals surface area contributed by atoms with Crippen LogP contribution in [0.4, 0.5) is 0 Å². The second-order valence-corrected chi connectivity index (χ2v) is 2.55. The molecule has 0 aliphatic rings. The van der Waals surface area contributed by atoms with Crippen LogP contribution in [0.5, 0.6) is 0 Å². The highest BCUT2D eigenvalue weighted by Gasteiger charge is 2.13. The molecular weight excluding hydrogens is 168 g/mol. The van der Waals surface area contributed by atoms with Crippen molar-refractivity contribution in [1.29, 1.82) is 0 Å². The molecule has 0 fully saturated rings. The quantitative estimate of drug-likeness (QED) is 0.676. The SMILES string of the molecule is O=C(O)C[C@H](O)c1csnn1. The average molecular weight is 174 g/mol. The van der Waals surface area contributed by atoms with E-state index in [1.165, 1.54) is 5.38 Å². The first-order valence-corrected chi connectivity index (χ1v) is 3.70. The Labute approximate surface area is 66.5 Å². The van der Waals surface area contributed by atoms with Crippen LogP contribution in [0.15, 0.2) is 5.38 Å². The predicted octanol–water partition coefficient (Wildman–Crippen LogP) is 0.0462. The molecule has 5 nitrogen and oxygen atoms in total. The number of carboxylic acids is 1. The maximum atomic E-state index is 10.1. The topological polar surface area (TPSA) is 83.3 Å². The third kappa shape index (κ3) is 2.24. The zero-order chi connectivity index (χ0) is 8.27. The molecule has 0 unspecified atom stereocenters. The van der Waals surface area contributed by atoms with Gasteiger partial charge >= 0.3 is 5.97 Å². The van der Waals surface area contributed by atoms with E-state index in [0.717, 1.165) is 11.5 Å². The van der Waals surface area contributed by atoms with E-state index >= 15 is 0 Å². The summed E-state index contributed by atoms with van der Waals surface area (Å²) >= 11 is 1.08. The van der Waals surface area contributed by atoms with Gasteiger partial charge in [-0.25, -0.2) is 0 Å². The molecule has 60 valence electrons. The van der Waals surface area contributed by atoms with Crippen LogP contribution in [0.1, 0.15) is 18.2 Å². The van der Waals surface area contributed by atoms with Gasteiger partial charge in [-0.05, 0) is 11.5 Å². The van der Waals surface area contributed by atoms with E-state index in [-0.39, 0.29) is 6.42 Å². The molecule has 1 aromatic heterocycles. The number of carbonyl (C=O) groups is 1. The smallest absolute Gasteiger partial charge is 0.306 e. The highest BCUT2D eigenvalue weighted by Crippen LogP contribution is 2.13. The standard InChI is InChI=1S/C5H6N2O3S/c8-4(1-5(9)10)3-2-11-7-6-3/h2,4,8H,1H2,(H,9,10)/t4-/m0/s1. The highest BCUT2D eigenvalue weighted by atomic mass is 32.1. The number of carboxylic acid groups (broad SMARTS) is 1. The van der Waals surface area contributed by atoms with Crippen molar-refractivity contribution in [3.63, 3.8) is 0 Å². The number of aliphatic carboxylic acids is 1. The first-order chi connectivity index (χ1) is 5.20. The van der Waals surface area contributed by atoms with Crippen molar-refractivity contribution < 1.29 is 15.0 Å². The summed E-state index contributed by atoms with van der Waals surface area (Å²) in [7, 11) is 0. The van der Waals surface area contributed by atoms with Gasteiger partial charge in [-0.3, -0.25) is 4.79 Å². The van der Waals surface area contributed by atoms with Crippen molar-refractivity contribution in [1.82, 2.24) is 9.59 Å². The Morgan fingerprint density at radius 3 is 3.00 bits per heavy atom. The molecule has 0 spiro atoms. The fourth-order valence-electron chi connectivity index (χ4n) is 0.587. The summed E-state index contributed by atoms with van der Waals surface area (Å²) in [6.45, 7) is 0.